The Hall–Kier alpha value is -1.77. The highest BCUT2D eigenvalue weighted by Gasteiger charge is 2.17. The lowest BCUT2D eigenvalue weighted by atomic mass is 10.1. The Kier molecular flexibility index (Phi) is 5.43. The number of quaternary nitrogens is 1. The molecular weight excluding hydrogens is 282 g/mol. The maximum absolute atomic E-state index is 5.82. The number of para-hydroxylation sites is 1. The SMILES string of the molecule is C[NH+](CCc1ccccc1)C1=Cc2ccccc2OC1.[Cl-]. The summed E-state index contributed by atoms with van der Waals surface area (Å²) >= 11 is 0. The molecule has 2 aromatic carbocycles. The van der Waals surface area contributed by atoms with Crippen molar-refractivity contribution in [1.29, 1.82) is 0 Å². The summed E-state index contributed by atoms with van der Waals surface area (Å²) < 4.78 is 5.82. The zero-order valence-corrected chi connectivity index (χ0v) is 12.9. The molecule has 2 nitrogen and oxygen atoms in total. The van der Waals surface area contributed by atoms with Gasteiger partial charge in [0.2, 0.25) is 0 Å². The summed E-state index contributed by atoms with van der Waals surface area (Å²) in [6.45, 7) is 1.78. The summed E-state index contributed by atoms with van der Waals surface area (Å²) in [4.78, 5) is 1.42. The molecule has 1 heterocycles. The van der Waals surface area contributed by atoms with Gasteiger partial charge in [0.25, 0.3) is 0 Å². The number of nitrogens with one attached hydrogen (secondary N) is 1. The van der Waals surface area contributed by atoms with Crippen LogP contribution in [-0.4, -0.2) is 20.2 Å². The highest BCUT2D eigenvalue weighted by atomic mass is 35.5. The molecule has 1 aliphatic rings. The van der Waals surface area contributed by atoms with Crippen LogP contribution in [0.4, 0.5) is 0 Å². The van der Waals surface area contributed by atoms with Gasteiger partial charge in [-0.05, 0) is 11.6 Å². The quantitative estimate of drug-likeness (QED) is 0.779. The van der Waals surface area contributed by atoms with Crippen molar-refractivity contribution in [2.75, 3.05) is 20.2 Å². The van der Waals surface area contributed by atoms with E-state index in [0.717, 1.165) is 18.7 Å². The van der Waals surface area contributed by atoms with Crippen molar-refractivity contribution in [1.82, 2.24) is 0 Å². The largest absolute Gasteiger partial charge is 1.00 e. The average molecular weight is 302 g/mol. The molecule has 0 saturated heterocycles. The minimum absolute atomic E-state index is 0. The van der Waals surface area contributed by atoms with Gasteiger partial charge < -0.3 is 22.0 Å². The first-order valence-corrected chi connectivity index (χ1v) is 7.12. The highest BCUT2D eigenvalue weighted by Crippen LogP contribution is 2.23. The molecule has 1 unspecified atom stereocenters. The van der Waals surface area contributed by atoms with Crippen LogP contribution in [0.3, 0.4) is 0 Å². The van der Waals surface area contributed by atoms with Gasteiger partial charge in [0.15, 0.2) is 6.61 Å². The second kappa shape index (κ2) is 7.30. The van der Waals surface area contributed by atoms with E-state index in [2.05, 4.69) is 55.6 Å². The first-order valence-electron chi connectivity index (χ1n) is 7.12. The van der Waals surface area contributed by atoms with Gasteiger partial charge in [0, 0.05) is 18.1 Å². The van der Waals surface area contributed by atoms with Crippen LogP contribution in [0.25, 0.3) is 6.08 Å². The summed E-state index contributed by atoms with van der Waals surface area (Å²) in [5.41, 5.74) is 3.90. The number of rotatable bonds is 4. The zero-order chi connectivity index (χ0) is 13.8. The van der Waals surface area contributed by atoms with Crippen molar-refractivity contribution >= 4 is 6.08 Å². The van der Waals surface area contributed by atoms with Gasteiger partial charge in [0.05, 0.1) is 13.6 Å². The molecule has 0 bridgehead atoms. The van der Waals surface area contributed by atoms with E-state index in [1.165, 1.54) is 21.7 Å². The van der Waals surface area contributed by atoms with Gasteiger partial charge in [-0.25, -0.2) is 0 Å². The number of halogens is 1. The lowest BCUT2D eigenvalue weighted by Gasteiger charge is -2.22. The normalized spacial score (nSPS) is 14.2. The van der Waals surface area contributed by atoms with Crippen molar-refractivity contribution in [3.63, 3.8) is 0 Å². The van der Waals surface area contributed by atoms with E-state index in [4.69, 9.17) is 4.74 Å². The highest BCUT2D eigenvalue weighted by molar-refractivity contribution is 5.60. The van der Waals surface area contributed by atoms with Crippen LogP contribution in [-0.2, 0) is 6.42 Å². The lowest BCUT2D eigenvalue weighted by Crippen LogP contribution is -3.08. The van der Waals surface area contributed by atoms with Crippen LogP contribution in [0.2, 0.25) is 0 Å². The molecule has 0 aromatic heterocycles. The summed E-state index contributed by atoms with van der Waals surface area (Å²) in [5.74, 6) is 0.993. The zero-order valence-electron chi connectivity index (χ0n) is 12.2. The predicted molar refractivity (Wildman–Crippen MR) is 81.8 cm³/mol. The Labute approximate surface area is 132 Å². The Morgan fingerprint density at radius 2 is 1.71 bits per heavy atom. The summed E-state index contributed by atoms with van der Waals surface area (Å²) in [5, 5.41) is 0. The molecule has 110 valence electrons. The third-order valence-corrected chi connectivity index (χ3v) is 3.81. The first-order chi connectivity index (χ1) is 9.83. The number of benzene rings is 2. The summed E-state index contributed by atoms with van der Waals surface area (Å²) in [7, 11) is 2.21. The fourth-order valence-corrected chi connectivity index (χ4v) is 2.50. The van der Waals surface area contributed by atoms with Gasteiger partial charge in [-0.3, -0.25) is 0 Å². The predicted octanol–water partition coefficient (Wildman–Crippen LogP) is -0.819. The maximum Gasteiger partial charge on any atom is 0.162 e. The molecule has 0 saturated carbocycles. The van der Waals surface area contributed by atoms with Crippen molar-refractivity contribution in [3.8, 4) is 5.75 Å². The van der Waals surface area contributed by atoms with Crippen LogP contribution in [0.5, 0.6) is 5.75 Å². The van der Waals surface area contributed by atoms with Crippen LogP contribution < -0.4 is 22.0 Å². The molecule has 21 heavy (non-hydrogen) atoms. The molecular formula is C18H20ClNO. The van der Waals surface area contributed by atoms with Gasteiger partial charge in [-0.2, -0.15) is 0 Å². The smallest absolute Gasteiger partial charge is 0.162 e. The second-order valence-corrected chi connectivity index (χ2v) is 5.26. The number of likely N-dealkylation sites (N-methyl/N-ethyl adjacent to an activating group) is 1. The molecule has 0 aliphatic carbocycles. The van der Waals surface area contributed by atoms with Crippen LogP contribution in [0.1, 0.15) is 11.1 Å². The number of hydrogen-bond donors (Lipinski definition) is 1. The number of hydrogen-bond acceptors (Lipinski definition) is 1. The molecule has 0 radical (unpaired) electrons. The maximum atomic E-state index is 5.82. The minimum Gasteiger partial charge on any atom is -1.00 e. The Balaban J connectivity index is 0.00000161. The van der Waals surface area contributed by atoms with Crippen LogP contribution >= 0.6 is 0 Å². The van der Waals surface area contributed by atoms with E-state index < -0.39 is 0 Å². The third kappa shape index (κ3) is 3.87. The van der Waals surface area contributed by atoms with Gasteiger partial charge >= 0.3 is 0 Å². The average Bonchev–Trinajstić information content (AvgIpc) is 2.53. The van der Waals surface area contributed by atoms with E-state index in [-0.39, 0.29) is 12.4 Å². The number of ether oxygens (including phenoxy) is 1. The molecule has 1 atom stereocenters. The Morgan fingerprint density at radius 1 is 1.00 bits per heavy atom. The molecule has 2 aromatic rings. The van der Waals surface area contributed by atoms with Gasteiger partial charge in [-0.1, -0.05) is 48.5 Å². The third-order valence-electron chi connectivity index (χ3n) is 3.81. The van der Waals surface area contributed by atoms with E-state index in [1.807, 2.05) is 12.1 Å². The van der Waals surface area contributed by atoms with Gasteiger partial charge in [-0.15, -0.1) is 0 Å². The monoisotopic (exact) mass is 301 g/mol. The molecule has 1 N–H and O–H groups in total. The molecule has 1 aliphatic heterocycles. The fourth-order valence-electron chi connectivity index (χ4n) is 2.50. The fraction of sp³-hybridized carbons (Fsp3) is 0.222. The molecule has 0 spiro atoms. The standard InChI is InChI=1S/C18H19NO.ClH/c1-19(12-11-15-7-3-2-4-8-15)17-13-16-9-5-6-10-18(16)20-14-17;/h2-10,13H,11-12,14H2,1H3;1H. The van der Waals surface area contributed by atoms with E-state index >= 15 is 0 Å². The Morgan fingerprint density at radius 3 is 2.52 bits per heavy atom. The molecule has 3 rings (SSSR count). The first kappa shape index (κ1) is 15.6. The minimum atomic E-state index is 0. The molecule has 0 fully saturated rings. The lowest BCUT2D eigenvalue weighted by molar-refractivity contribution is -0.839. The van der Waals surface area contributed by atoms with E-state index in [1.54, 1.807) is 0 Å². The second-order valence-electron chi connectivity index (χ2n) is 5.26. The molecule has 0 amide bonds. The summed E-state index contributed by atoms with van der Waals surface area (Å²) in [6, 6.07) is 18.9. The molecule has 3 heteroatoms. The van der Waals surface area contributed by atoms with Gasteiger partial charge in [0.1, 0.15) is 11.4 Å². The van der Waals surface area contributed by atoms with Crippen LogP contribution in [0.15, 0.2) is 60.3 Å². The van der Waals surface area contributed by atoms with Crippen molar-refractivity contribution in [3.05, 3.63) is 71.4 Å². The van der Waals surface area contributed by atoms with Crippen molar-refractivity contribution in [2.45, 2.75) is 6.42 Å². The van der Waals surface area contributed by atoms with Crippen molar-refractivity contribution < 1.29 is 22.0 Å². The number of fused-ring (bicyclic) bond motifs is 1. The van der Waals surface area contributed by atoms with E-state index in [9.17, 15) is 0 Å². The van der Waals surface area contributed by atoms with E-state index in [0.29, 0.717) is 6.61 Å². The topological polar surface area (TPSA) is 13.7 Å². The van der Waals surface area contributed by atoms with Crippen molar-refractivity contribution in [2.24, 2.45) is 0 Å². The Bertz CT molecular complexity index is 610. The van der Waals surface area contributed by atoms with Crippen LogP contribution in [0, 0.1) is 0 Å². The summed E-state index contributed by atoms with van der Waals surface area (Å²) in [6.07, 6.45) is 3.35.